The molecule has 0 saturated carbocycles. The Bertz CT molecular complexity index is 186. The maximum atomic E-state index is 9.57. The van der Waals surface area contributed by atoms with Gasteiger partial charge < -0.3 is 5.11 Å². The molecular weight excluding hydrogens is 383 g/mol. The Morgan fingerprint density at radius 2 is 0.857 bits per heavy atom. The van der Waals surface area contributed by atoms with Gasteiger partial charge in [-0.3, -0.25) is 0 Å². The number of hydrogen-bond acceptors (Lipinski definition) is 1. The van der Waals surface area contributed by atoms with Crippen molar-refractivity contribution in [2.75, 3.05) is 0 Å². The second-order valence-electron chi connectivity index (χ2n) is 2.19. The Morgan fingerprint density at radius 3 is 0.929 bits per heavy atom. The van der Waals surface area contributed by atoms with Crippen LogP contribution in [-0.2, 0) is 0 Å². The first-order chi connectivity index (χ1) is 5.75. The molecule has 0 aliphatic carbocycles. The summed E-state index contributed by atoms with van der Waals surface area (Å²) in [6.07, 6.45) is 0. The summed E-state index contributed by atoms with van der Waals surface area (Å²) >= 11 is 48.5. The van der Waals surface area contributed by atoms with E-state index in [1.54, 1.807) is 0 Å². The van der Waals surface area contributed by atoms with E-state index >= 15 is 0 Å². The molecule has 0 aromatic carbocycles. The molecule has 0 radical (unpaired) electrons. The van der Waals surface area contributed by atoms with Crippen LogP contribution in [-0.4, -0.2) is 22.1 Å². The van der Waals surface area contributed by atoms with Crippen molar-refractivity contribution in [3.63, 3.8) is 0 Å². The minimum Gasteiger partial charge on any atom is -0.369 e. The highest BCUT2D eigenvalue weighted by Gasteiger charge is 2.68. The standard InChI is InChI=1S/C4HCl9O/c5-1(6,3(8,9)10)2(7,14)4(11,12)13/h14H. The Kier molecular flexibility index (Phi) is 5.54. The molecular formula is C4HCl9O. The lowest BCUT2D eigenvalue weighted by Crippen LogP contribution is -2.57. The third-order valence-electron chi connectivity index (χ3n) is 1.15. The molecule has 0 rings (SSSR count). The zero-order valence-electron chi connectivity index (χ0n) is 5.85. The molecule has 0 amide bonds. The molecule has 1 atom stereocenters. The van der Waals surface area contributed by atoms with E-state index in [0.29, 0.717) is 0 Å². The zero-order chi connectivity index (χ0) is 12.0. The molecule has 0 aliphatic rings. The van der Waals surface area contributed by atoms with Gasteiger partial charge in [-0.05, 0) is 0 Å². The molecule has 0 saturated heterocycles. The average molecular weight is 384 g/mol. The van der Waals surface area contributed by atoms with Crippen LogP contribution in [0.5, 0.6) is 0 Å². The fourth-order valence-electron chi connectivity index (χ4n) is 0.366. The summed E-state index contributed by atoms with van der Waals surface area (Å²) in [5.41, 5.74) is 0. The van der Waals surface area contributed by atoms with Gasteiger partial charge in [0.2, 0.25) is 17.0 Å². The predicted octanol–water partition coefficient (Wildman–Crippen LogP) is 4.83. The van der Waals surface area contributed by atoms with Gasteiger partial charge in [-0.2, -0.15) is 0 Å². The summed E-state index contributed by atoms with van der Waals surface area (Å²) in [7, 11) is 0. The van der Waals surface area contributed by atoms with E-state index in [1.807, 2.05) is 0 Å². The molecule has 0 bridgehead atoms. The lowest BCUT2D eigenvalue weighted by atomic mass is 10.3. The number of aliphatic hydroxyl groups is 1. The molecule has 1 nitrogen and oxygen atoms in total. The third kappa shape index (κ3) is 3.07. The Morgan fingerprint density at radius 1 is 0.571 bits per heavy atom. The molecule has 0 spiro atoms. The molecule has 86 valence electrons. The molecule has 1 N–H and O–H groups in total. The second kappa shape index (κ2) is 4.68. The van der Waals surface area contributed by atoms with Crippen LogP contribution < -0.4 is 0 Å². The lowest BCUT2D eigenvalue weighted by Gasteiger charge is -2.41. The summed E-state index contributed by atoms with van der Waals surface area (Å²) in [5, 5.41) is 6.79. The Labute approximate surface area is 125 Å². The number of rotatable bonds is 1. The van der Waals surface area contributed by atoms with E-state index in [-0.39, 0.29) is 0 Å². The van der Waals surface area contributed by atoms with Gasteiger partial charge in [-0.25, -0.2) is 0 Å². The Hall–Kier alpha value is 2.57. The quantitative estimate of drug-likeness (QED) is 0.643. The number of halogens is 9. The fourth-order valence-corrected chi connectivity index (χ4v) is 2.06. The van der Waals surface area contributed by atoms with Crippen LogP contribution in [0.1, 0.15) is 0 Å². The van der Waals surface area contributed by atoms with E-state index < -0.39 is 17.0 Å². The first-order valence-electron chi connectivity index (χ1n) is 2.67. The van der Waals surface area contributed by atoms with E-state index in [1.165, 1.54) is 0 Å². The highest BCUT2D eigenvalue weighted by molar-refractivity contribution is 6.79. The SMILES string of the molecule is OC(Cl)(C(Cl)(Cl)Cl)C(Cl)(Cl)C(Cl)(Cl)Cl. The molecule has 0 fully saturated rings. The molecule has 0 heterocycles. The minimum absolute atomic E-state index is 2.35. The highest BCUT2D eigenvalue weighted by atomic mass is 35.6. The van der Waals surface area contributed by atoms with Crippen molar-refractivity contribution in [2.45, 2.75) is 17.0 Å². The monoisotopic (exact) mass is 380 g/mol. The van der Waals surface area contributed by atoms with Crippen LogP contribution >= 0.6 is 104 Å². The van der Waals surface area contributed by atoms with Gasteiger partial charge >= 0.3 is 0 Å². The van der Waals surface area contributed by atoms with Crippen molar-refractivity contribution in [3.05, 3.63) is 0 Å². The van der Waals surface area contributed by atoms with Crippen molar-refractivity contribution in [1.29, 1.82) is 0 Å². The van der Waals surface area contributed by atoms with Gasteiger partial charge in [0.25, 0.3) is 0 Å². The lowest BCUT2D eigenvalue weighted by molar-refractivity contribution is 0.114. The van der Waals surface area contributed by atoms with Gasteiger partial charge in [0.15, 0.2) is 0 Å². The summed E-state index contributed by atoms with van der Waals surface area (Å²) in [4.78, 5) is 0. The summed E-state index contributed by atoms with van der Waals surface area (Å²) in [6.45, 7) is 0. The van der Waals surface area contributed by atoms with Gasteiger partial charge in [0.1, 0.15) is 0 Å². The molecule has 1 unspecified atom stereocenters. The van der Waals surface area contributed by atoms with Gasteiger partial charge in [0.05, 0.1) is 0 Å². The van der Waals surface area contributed by atoms with Crippen molar-refractivity contribution in [3.8, 4) is 0 Å². The van der Waals surface area contributed by atoms with Crippen LogP contribution in [0.15, 0.2) is 0 Å². The average Bonchev–Trinajstić information content (AvgIpc) is 1.81. The van der Waals surface area contributed by atoms with Crippen LogP contribution in [0, 0.1) is 0 Å². The van der Waals surface area contributed by atoms with Crippen LogP contribution in [0.4, 0.5) is 0 Å². The van der Waals surface area contributed by atoms with E-state index in [9.17, 15) is 5.11 Å². The Balaban J connectivity index is 5.30. The molecule has 0 aromatic heterocycles. The minimum atomic E-state index is -2.78. The van der Waals surface area contributed by atoms with Crippen LogP contribution in [0.2, 0.25) is 0 Å². The first kappa shape index (κ1) is 16.6. The third-order valence-corrected chi connectivity index (χ3v) is 5.56. The van der Waals surface area contributed by atoms with E-state index in [4.69, 9.17) is 104 Å². The largest absolute Gasteiger partial charge is 0.369 e. The van der Waals surface area contributed by atoms with Crippen molar-refractivity contribution in [1.82, 2.24) is 0 Å². The molecule has 0 aliphatic heterocycles. The summed E-state index contributed by atoms with van der Waals surface area (Å²) in [6, 6.07) is 0. The van der Waals surface area contributed by atoms with Gasteiger partial charge in [0, 0.05) is 0 Å². The number of alkyl halides is 9. The normalized spacial score (nSPS) is 19.3. The summed E-state index contributed by atoms with van der Waals surface area (Å²) in [5.74, 6) is 0. The topological polar surface area (TPSA) is 20.2 Å². The van der Waals surface area contributed by atoms with Crippen molar-refractivity contribution >= 4 is 104 Å². The number of hydrogen-bond donors (Lipinski definition) is 1. The van der Waals surface area contributed by atoms with Gasteiger partial charge in [-0.1, -0.05) is 104 Å². The summed E-state index contributed by atoms with van der Waals surface area (Å²) < 4.78 is -7.31. The van der Waals surface area contributed by atoms with Gasteiger partial charge in [-0.15, -0.1) is 0 Å². The van der Waals surface area contributed by atoms with Crippen molar-refractivity contribution in [2.24, 2.45) is 0 Å². The molecule has 10 heteroatoms. The first-order valence-corrected chi connectivity index (χ1v) is 6.08. The van der Waals surface area contributed by atoms with Crippen LogP contribution in [0.25, 0.3) is 0 Å². The maximum Gasteiger partial charge on any atom is 0.235 e. The molecule has 14 heavy (non-hydrogen) atoms. The van der Waals surface area contributed by atoms with E-state index in [2.05, 4.69) is 0 Å². The maximum absolute atomic E-state index is 9.57. The smallest absolute Gasteiger partial charge is 0.235 e. The van der Waals surface area contributed by atoms with Crippen molar-refractivity contribution < 1.29 is 5.11 Å². The highest BCUT2D eigenvalue weighted by Crippen LogP contribution is 2.60. The predicted molar refractivity (Wildman–Crippen MR) is 65.8 cm³/mol. The molecule has 0 aromatic rings. The fraction of sp³-hybridized carbons (Fsp3) is 1.00. The zero-order valence-corrected chi connectivity index (χ0v) is 12.7. The second-order valence-corrected chi connectivity index (χ2v) is 8.63. The van der Waals surface area contributed by atoms with Crippen LogP contribution in [0.3, 0.4) is 0 Å². The van der Waals surface area contributed by atoms with E-state index in [0.717, 1.165) is 0 Å².